The van der Waals surface area contributed by atoms with Crippen LogP contribution in [0.15, 0.2) is 79.1 Å². The summed E-state index contributed by atoms with van der Waals surface area (Å²) >= 11 is 0. The van der Waals surface area contributed by atoms with E-state index in [2.05, 4.69) is 76.7 Å². The zero-order chi connectivity index (χ0) is 21.6. The van der Waals surface area contributed by atoms with E-state index in [1.54, 1.807) is 13.2 Å². The average molecular weight is 414 g/mol. The van der Waals surface area contributed by atoms with Gasteiger partial charge in [0.05, 0.1) is 5.92 Å². The third-order valence-electron chi connectivity index (χ3n) is 6.53. The van der Waals surface area contributed by atoms with Gasteiger partial charge in [-0.15, -0.1) is 0 Å². The summed E-state index contributed by atoms with van der Waals surface area (Å²) in [5.41, 5.74) is 5.03. The summed E-state index contributed by atoms with van der Waals surface area (Å²) in [6, 6.07) is 23.2. The van der Waals surface area contributed by atoms with E-state index in [1.807, 2.05) is 18.3 Å². The van der Waals surface area contributed by atoms with Crippen molar-refractivity contribution in [3.05, 3.63) is 101 Å². The minimum Gasteiger partial charge on any atom is -0.359 e. The molecule has 4 nitrogen and oxygen atoms in total. The maximum absolute atomic E-state index is 13.4. The Morgan fingerprint density at radius 2 is 1.84 bits per heavy atom. The molecule has 1 amide bonds. The van der Waals surface area contributed by atoms with Gasteiger partial charge in [-0.25, -0.2) is 0 Å². The molecule has 1 N–H and O–H groups in total. The van der Waals surface area contributed by atoms with Gasteiger partial charge in [0, 0.05) is 32.0 Å². The Bertz CT molecular complexity index is 990. The Hall–Kier alpha value is -2.98. The van der Waals surface area contributed by atoms with Crippen molar-refractivity contribution in [2.75, 3.05) is 13.6 Å². The van der Waals surface area contributed by atoms with Crippen molar-refractivity contribution in [1.82, 2.24) is 15.2 Å². The molecule has 3 aromatic rings. The highest BCUT2D eigenvalue weighted by molar-refractivity contribution is 5.80. The number of amides is 1. The smallest absolute Gasteiger partial charge is 0.225 e. The van der Waals surface area contributed by atoms with E-state index in [0.29, 0.717) is 0 Å². The first-order valence-electron chi connectivity index (χ1n) is 11.2. The molecule has 1 aromatic heterocycles. The van der Waals surface area contributed by atoms with Gasteiger partial charge in [-0.1, -0.05) is 67.6 Å². The van der Waals surface area contributed by atoms with Crippen LogP contribution in [0.25, 0.3) is 0 Å². The van der Waals surface area contributed by atoms with E-state index in [4.69, 9.17) is 0 Å². The van der Waals surface area contributed by atoms with Gasteiger partial charge in [0.2, 0.25) is 5.91 Å². The zero-order valence-electron chi connectivity index (χ0n) is 18.4. The summed E-state index contributed by atoms with van der Waals surface area (Å²) in [5.74, 6) is 0.137. The lowest BCUT2D eigenvalue weighted by Gasteiger charge is -2.45. The molecule has 2 heterocycles. The average Bonchev–Trinajstić information content (AvgIpc) is 2.84. The Morgan fingerprint density at radius 1 is 1.06 bits per heavy atom. The van der Waals surface area contributed by atoms with Gasteiger partial charge >= 0.3 is 0 Å². The Labute approximate surface area is 185 Å². The van der Waals surface area contributed by atoms with Gasteiger partial charge in [-0.2, -0.15) is 0 Å². The summed E-state index contributed by atoms with van der Waals surface area (Å²) in [4.78, 5) is 20.1. The molecule has 0 radical (unpaired) electrons. The first-order chi connectivity index (χ1) is 15.2. The number of nitrogens with one attached hydrogen (secondary N) is 1. The molecule has 0 unspecified atom stereocenters. The second kappa shape index (κ2) is 9.88. The van der Waals surface area contributed by atoms with Gasteiger partial charge < -0.3 is 5.32 Å². The van der Waals surface area contributed by atoms with Crippen molar-refractivity contribution in [1.29, 1.82) is 0 Å². The molecule has 160 valence electrons. The molecule has 1 saturated heterocycles. The Kier molecular flexibility index (Phi) is 6.78. The van der Waals surface area contributed by atoms with Crippen LogP contribution in [-0.2, 0) is 17.8 Å². The van der Waals surface area contributed by atoms with Crippen LogP contribution in [0.4, 0.5) is 0 Å². The fourth-order valence-electron chi connectivity index (χ4n) is 5.10. The summed E-state index contributed by atoms with van der Waals surface area (Å²) in [7, 11) is 1.76. The molecular formula is C27H31N3O. The molecule has 31 heavy (non-hydrogen) atoms. The van der Waals surface area contributed by atoms with Gasteiger partial charge in [0.25, 0.3) is 0 Å². The van der Waals surface area contributed by atoms with Crippen LogP contribution in [0.2, 0.25) is 0 Å². The van der Waals surface area contributed by atoms with Crippen molar-refractivity contribution < 1.29 is 4.79 Å². The number of benzene rings is 2. The molecule has 0 spiro atoms. The highest BCUT2D eigenvalue weighted by Gasteiger charge is 2.43. The number of hydrogen-bond acceptors (Lipinski definition) is 3. The van der Waals surface area contributed by atoms with Crippen LogP contribution in [0.1, 0.15) is 47.6 Å². The molecule has 3 atom stereocenters. The number of aryl methyl sites for hydroxylation is 1. The SMILES string of the molecule is CCc1ccccc1[C@@H]1CCN(Cc2cccnc2)[C@@H](c2ccccc2)[C@H]1C(=O)NC. The molecule has 4 heteroatoms. The van der Waals surface area contributed by atoms with Crippen molar-refractivity contribution in [3.63, 3.8) is 0 Å². The van der Waals surface area contributed by atoms with Crippen molar-refractivity contribution in [3.8, 4) is 0 Å². The number of rotatable bonds is 6. The lowest BCUT2D eigenvalue weighted by atomic mass is 9.71. The van der Waals surface area contributed by atoms with E-state index in [-0.39, 0.29) is 23.8 Å². The normalized spacial score (nSPS) is 21.5. The predicted octanol–water partition coefficient (Wildman–Crippen LogP) is 4.74. The summed E-state index contributed by atoms with van der Waals surface area (Å²) in [6.07, 6.45) is 5.66. The second-order valence-electron chi connectivity index (χ2n) is 8.27. The lowest BCUT2D eigenvalue weighted by Crippen LogP contribution is -2.48. The Morgan fingerprint density at radius 3 is 2.55 bits per heavy atom. The molecule has 0 saturated carbocycles. The third-order valence-corrected chi connectivity index (χ3v) is 6.53. The number of piperidine rings is 1. The maximum Gasteiger partial charge on any atom is 0.225 e. The van der Waals surface area contributed by atoms with E-state index >= 15 is 0 Å². The largest absolute Gasteiger partial charge is 0.359 e. The van der Waals surface area contributed by atoms with Crippen LogP contribution in [0.3, 0.4) is 0 Å². The van der Waals surface area contributed by atoms with Crippen LogP contribution in [-0.4, -0.2) is 29.4 Å². The van der Waals surface area contributed by atoms with Crippen molar-refractivity contribution in [2.24, 2.45) is 5.92 Å². The third kappa shape index (κ3) is 4.54. The van der Waals surface area contributed by atoms with Crippen LogP contribution in [0.5, 0.6) is 0 Å². The molecule has 0 aliphatic carbocycles. The first kappa shape index (κ1) is 21.3. The molecule has 4 rings (SSSR count). The quantitative estimate of drug-likeness (QED) is 0.635. The summed E-state index contributed by atoms with van der Waals surface area (Å²) in [6.45, 7) is 3.91. The second-order valence-corrected chi connectivity index (χ2v) is 8.27. The number of hydrogen-bond donors (Lipinski definition) is 1. The van der Waals surface area contributed by atoms with E-state index in [1.165, 1.54) is 22.3 Å². The number of carbonyl (C=O) groups excluding carboxylic acids is 1. The van der Waals surface area contributed by atoms with Gasteiger partial charge in [-0.05, 0) is 53.6 Å². The molecule has 1 aliphatic rings. The number of aromatic nitrogens is 1. The van der Waals surface area contributed by atoms with Crippen LogP contribution < -0.4 is 5.32 Å². The highest BCUT2D eigenvalue weighted by Crippen LogP contribution is 2.46. The fraction of sp³-hybridized carbons (Fsp3) is 0.333. The van der Waals surface area contributed by atoms with E-state index in [9.17, 15) is 4.79 Å². The van der Waals surface area contributed by atoms with Gasteiger partial charge in [0.1, 0.15) is 0 Å². The highest BCUT2D eigenvalue weighted by atomic mass is 16.1. The van der Waals surface area contributed by atoms with Gasteiger partial charge in [0.15, 0.2) is 0 Å². The van der Waals surface area contributed by atoms with Crippen LogP contribution in [0, 0.1) is 5.92 Å². The van der Waals surface area contributed by atoms with Crippen molar-refractivity contribution in [2.45, 2.75) is 38.3 Å². The fourth-order valence-corrected chi connectivity index (χ4v) is 5.10. The molecule has 1 fully saturated rings. The van der Waals surface area contributed by atoms with E-state index in [0.717, 1.165) is 25.9 Å². The first-order valence-corrected chi connectivity index (χ1v) is 11.2. The zero-order valence-corrected chi connectivity index (χ0v) is 18.4. The molecule has 1 aliphatic heterocycles. The minimum atomic E-state index is -0.162. The van der Waals surface area contributed by atoms with Crippen LogP contribution >= 0.6 is 0 Å². The standard InChI is InChI=1S/C27H31N3O/c1-3-21-11-7-8-14-23(21)24-15-17-30(19-20-10-9-16-29-18-20)26(25(24)27(31)28-2)22-12-5-4-6-13-22/h4-14,16,18,24-26H,3,15,17,19H2,1-2H3,(H,28,31)/t24-,25-,26-/m0/s1. The molecular weight excluding hydrogens is 382 g/mol. The van der Waals surface area contributed by atoms with Gasteiger partial charge in [-0.3, -0.25) is 14.7 Å². The van der Waals surface area contributed by atoms with E-state index < -0.39 is 0 Å². The number of likely N-dealkylation sites (tertiary alicyclic amines) is 1. The minimum absolute atomic E-state index is 0.00465. The summed E-state index contributed by atoms with van der Waals surface area (Å²) in [5, 5.41) is 2.98. The number of carbonyl (C=O) groups is 1. The predicted molar refractivity (Wildman–Crippen MR) is 125 cm³/mol. The topological polar surface area (TPSA) is 45.2 Å². The monoisotopic (exact) mass is 413 g/mol. The molecule has 2 aromatic carbocycles. The molecule has 0 bridgehead atoms. The summed E-state index contributed by atoms with van der Waals surface area (Å²) < 4.78 is 0. The number of pyridine rings is 1. The maximum atomic E-state index is 13.4. The number of nitrogens with zero attached hydrogens (tertiary/aromatic N) is 2. The Balaban J connectivity index is 1.78. The van der Waals surface area contributed by atoms with Crippen molar-refractivity contribution >= 4 is 5.91 Å². The lowest BCUT2D eigenvalue weighted by molar-refractivity contribution is -0.129.